The first-order valence-corrected chi connectivity index (χ1v) is 5.94. The van der Waals surface area contributed by atoms with Crippen LogP contribution in [0.15, 0.2) is 24.4 Å². The maximum Gasteiger partial charge on any atom is 0.133 e. The number of nitrogens with one attached hydrogen (secondary N) is 2. The smallest absolute Gasteiger partial charge is 0.133 e. The molecular formula is C13H16N4. The van der Waals surface area contributed by atoms with Gasteiger partial charge in [0.05, 0.1) is 17.6 Å². The standard InChI is InChI=1S/C13H16N4/c1-3-17-13-10(8-15-17)7-14-11-5-4-9(2)6-12(11)16-13/h4-6,8,14,16H,3,7H2,1-2H3. The van der Waals surface area contributed by atoms with Gasteiger partial charge in [-0.05, 0) is 31.5 Å². The molecule has 0 radical (unpaired) electrons. The van der Waals surface area contributed by atoms with Gasteiger partial charge in [-0.15, -0.1) is 0 Å². The summed E-state index contributed by atoms with van der Waals surface area (Å²) in [7, 11) is 0. The monoisotopic (exact) mass is 228 g/mol. The summed E-state index contributed by atoms with van der Waals surface area (Å²) in [4.78, 5) is 0. The van der Waals surface area contributed by atoms with Crippen LogP contribution in [0.2, 0.25) is 0 Å². The maximum absolute atomic E-state index is 4.37. The lowest BCUT2D eigenvalue weighted by molar-refractivity contribution is 0.668. The first kappa shape index (κ1) is 10.2. The summed E-state index contributed by atoms with van der Waals surface area (Å²) in [5.41, 5.74) is 4.73. The largest absolute Gasteiger partial charge is 0.379 e. The molecule has 4 heteroatoms. The van der Waals surface area contributed by atoms with Crippen LogP contribution in [0, 0.1) is 6.92 Å². The molecule has 0 spiro atoms. The van der Waals surface area contributed by atoms with Gasteiger partial charge in [-0.1, -0.05) is 6.07 Å². The van der Waals surface area contributed by atoms with Crippen molar-refractivity contribution in [2.45, 2.75) is 26.9 Å². The number of benzene rings is 1. The second-order valence-corrected chi connectivity index (χ2v) is 4.36. The highest BCUT2D eigenvalue weighted by atomic mass is 15.3. The van der Waals surface area contributed by atoms with Crippen molar-refractivity contribution in [2.75, 3.05) is 10.6 Å². The highest BCUT2D eigenvalue weighted by molar-refractivity contribution is 5.77. The fraction of sp³-hybridized carbons (Fsp3) is 0.308. The van der Waals surface area contributed by atoms with Crippen molar-refractivity contribution < 1.29 is 0 Å². The summed E-state index contributed by atoms with van der Waals surface area (Å²) in [5.74, 6) is 1.10. The zero-order chi connectivity index (χ0) is 11.8. The Morgan fingerprint density at radius 1 is 1.35 bits per heavy atom. The summed E-state index contributed by atoms with van der Waals surface area (Å²) in [5, 5.41) is 11.3. The Bertz CT molecular complexity index is 557. The van der Waals surface area contributed by atoms with Crippen LogP contribution < -0.4 is 10.6 Å². The molecule has 1 aromatic heterocycles. The van der Waals surface area contributed by atoms with E-state index in [1.165, 1.54) is 11.1 Å². The van der Waals surface area contributed by atoms with Gasteiger partial charge in [0.2, 0.25) is 0 Å². The molecule has 2 aromatic rings. The first-order chi connectivity index (χ1) is 8.28. The predicted molar refractivity (Wildman–Crippen MR) is 69.7 cm³/mol. The molecular weight excluding hydrogens is 212 g/mol. The number of aromatic nitrogens is 2. The van der Waals surface area contributed by atoms with Crippen LogP contribution in [-0.2, 0) is 13.1 Å². The second kappa shape index (κ2) is 3.80. The molecule has 4 nitrogen and oxygen atoms in total. The fourth-order valence-corrected chi connectivity index (χ4v) is 2.17. The molecule has 1 aliphatic rings. The average Bonchev–Trinajstić information content (AvgIpc) is 2.62. The third-order valence-electron chi connectivity index (χ3n) is 3.11. The molecule has 0 amide bonds. The zero-order valence-electron chi connectivity index (χ0n) is 10.1. The molecule has 0 atom stereocenters. The number of anilines is 3. The van der Waals surface area contributed by atoms with Gasteiger partial charge < -0.3 is 10.6 Å². The van der Waals surface area contributed by atoms with Crippen molar-refractivity contribution in [1.82, 2.24) is 9.78 Å². The summed E-state index contributed by atoms with van der Waals surface area (Å²) in [6, 6.07) is 6.40. The second-order valence-electron chi connectivity index (χ2n) is 4.36. The number of fused-ring (bicyclic) bond motifs is 2. The molecule has 0 bridgehead atoms. The van der Waals surface area contributed by atoms with Crippen molar-refractivity contribution in [3.8, 4) is 0 Å². The fourth-order valence-electron chi connectivity index (χ4n) is 2.17. The minimum atomic E-state index is 0.818. The van der Waals surface area contributed by atoms with Crippen molar-refractivity contribution in [1.29, 1.82) is 0 Å². The Morgan fingerprint density at radius 2 is 2.24 bits per heavy atom. The van der Waals surface area contributed by atoms with Gasteiger partial charge in [0.25, 0.3) is 0 Å². The average molecular weight is 228 g/mol. The van der Waals surface area contributed by atoms with E-state index in [-0.39, 0.29) is 0 Å². The summed E-state index contributed by atoms with van der Waals surface area (Å²) >= 11 is 0. The van der Waals surface area contributed by atoms with E-state index in [9.17, 15) is 0 Å². The summed E-state index contributed by atoms with van der Waals surface area (Å²) < 4.78 is 1.99. The van der Waals surface area contributed by atoms with Crippen LogP contribution in [0.25, 0.3) is 0 Å². The molecule has 0 aliphatic carbocycles. The van der Waals surface area contributed by atoms with Gasteiger partial charge in [-0.3, -0.25) is 0 Å². The Hall–Kier alpha value is -1.97. The number of rotatable bonds is 1. The summed E-state index contributed by atoms with van der Waals surface area (Å²) in [6.07, 6.45) is 1.93. The van der Waals surface area contributed by atoms with Crippen molar-refractivity contribution >= 4 is 17.2 Å². The van der Waals surface area contributed by atoms with E-state index in [2.05, 4.69) is 47.8 Å². The third-order valence-corrected chi connectivity index (χ3v) is 3.11. The Labute approximate surface area is 101 Å². The van der Waals surface area contributed by atoms with E-state index in [1.54, 1.807) is 0 Å². The van der Waals surface area contributed by atoms with Crippen LogP contribution in [0.3, 0.4) is 0 Å². The molecule has 0 unspecified atom stereocenters. The highest BCUT2D eigenvalue weighted by Crippen LogP contribution is 2.32. The quantitative estimate of drug-likeness (QED) is 0.788. The SMILES string of the molecule is CCn1ncc2c1Nc1cc(C)ccc1NC2. The minimum absolute atomic E-state index is 0.818. The molecule has 0 saturated carbocycles. The van der Waals surface area contributed by atoms with Crippen molar-refractivity contribution in [2.24, 2.45) is 0 Å². The molecule has 1 aromatic carbocycles. The van der Waals surface area contributed by atoms with E-state index in [0.717, 1.165) is 30.3 Å². The predicted octanol–water partition coefficient (Wildman–Crippen LogP) is 2.88. The van der Waals surface area contributed by atoms with Crippen LogP contribution in [0.4, 0.5) is 17.2 Å². The lowest BCUT2D eigenvalue weighted by Gasteiger charge is -2.11. The molecule has 17 heavy (non-hydrogen) atoms. The molecule has 2 N–H and O–H groups in total. The number of aryl methyl sites for hydroxylation is 2. The van der Waals surface area contributed by atoms with Gasteiger partial charge in [0, 0.05) is 18.7 Å². The Morgan fingerprint density at radius 3 is 3.06 bits per heavy atom. The lowest BCUT2D eigenvalue weighted by Crippen LogP contribution is -2.03. The van der Waals surface area contributed by atoms with E-state index in [1.807, 2.05) is 10.9 Å². The summed E-state index contributed by atoms with van der Waals surface area (Å²) in [6.45, 7) is 5.90. The van der Waals surface area contributed by atoms with Crippen LogP contribution in [0.1, 0.15) is 18.1 Å². The molecule has 0 fully saturated rings. The highest BCUT2D eigenvalue weighted by Gasteiger charge is 2.15. The number of hydrogen-bond acceptors (Lipinski definition) is 3. The van der Waals surface area contributed by atoms with Crippen LogP contribution in [-0.4, -0.2) is 9.78 Å². The third kappa shape index (κ3) is 1.65. The molecule has 1 aliphatic heterocycles. The lowest BCUT2D eigenvalue weighted by atomic mass is 10.2. The molecule has 0 saturated heterocycles. The van der Waals surface area contributed by atoms with Gasteiger partial charge in [0.1, 0.15) is 5.82 Å². The minimum Gasteiger partial charge on any atom is -0.379 e. The normalized spacial score (nSPS) is 13.1. The van der Waals surface area contributed by atoms with Gasteiger partial charge in [0.15, 0.2) is 0 Å². The molecule has 3 rings (SSSR count). The van der Waals surface area contributed by atoms with Gasteiger partial charge in [-0.25, -0.2) is 4.68 Å². The van der Waals surface area contributed by atoms with E-state index in [4.69, 9.17) is 0 Å². The molecule has 2 heterocycles. The first-order valence-electron chi connectivity index (χ1n) is 5.94. The molecule has 88 valence electrons. The number of hydrogen-bond donors (Lipinski definition) is 2. The van der Waals surface area contributed by atoms with E-state index < -0.39 is 0 Å². The Balaban J connectivity index is 2.08. The Kier molecular flexibility index (Phi) is 2.28. The van der Waals surface area contributed by atoms with Crippen molar-refractivity contribution in [3.63, 3.8) is 0 Å². The van der Waals surface area contributed by atoms with E-state index in [0.29, 0.717) is 0 Å². The van der Waals surface area contributed by atoms with Gasteiger partial charge in [-0.2, -0.15) is 5.10 Å². The van der Waals surface area contributed by atoms with E-state index >= 15 is 0 Å². The topological polar surface area (TPSA) is 41.9 Å². The number of nitrogens with zero attached hydrogens (tertiary/aromatic N) is 2. The van der Waals surface area contributed by atoms with Crippen LogP contribution in [0.5, 0.6) is 0 Å². The van der Waals surface area contributed by atoms with Crippen LogP contribution >= 0.6 is 0 Å². The van der Waals surface area contributed by atoms with Gasteiger partial charge >= 0.3 is 0 Å². The zero-order valence-corrected chi connectivity index (χ0v) is 10.1. The van der Waals surface area contributed by atoms with Crippen molar-refractivity contribution in [3.05, 3.63) is 35.5 Å². The maximum atomic E-state index is 4.37.